The van der Waals surface area contributed by atoms with Crippen molar-refractivity contribution in [3.63, 3.8) is 0 Å². The van der Waals surface area contributed by atoms with E-state index in [4.69, 9.17) is 16.3 Å². The zero-order chi connectivity index (χ0) is 30.0. The van der Waals surface area contributed by atoms with Gasteiger partial charge in [-0.05, 0) is 57.5 Å². The van der Waals surface area contributed by atoms with Crippen LogP contribution in [-0.4, -0.2) is 41.4 Å². The summed E-state index contributed by atoms with van der Waals surface area (Å²) in [5.41, 5.74) is -0.117. The van der Waals surface area contributed by atoms with Crippen molar-refractivity contribution in [3.05, 3.63) is 85.9 Å². The van der Waals surface area contributed by atoms with Crippen LogP contribution in [-0.2, 0) is 27.4 Å². The molecule has 2 aromatic carbocycles. The van der Waals surface area contributed by atoms with Gasteiger partial charge in [0.15, 0.2) is 15.6 Å². The molecule has 0 aliphatic heterocycles. The lowest BCUT2D eigenvalue weighted by Gasteiger charge is -2.23. The van der Waals surface area contributed by atoms with Crippen molar-refractivity contribution in [1.29, 1.82) is 0 Å². The van der Waals surface area contributed by atoms with Crippen LogP contribution in [0.15, 0.2) is 47.3 Å². The maximum absolute atomic E-state index is 13.7. The Morgan fingerprint density at radius 3 is 2.38 bits per heavy atom. The topological polar surface area (TPSA) is 124 Å². The number of benzene rings is 2. The maximum Gasteiger partial charge on any atom is 0.408 e. The molecule has 12 heteroatoms. The zero-order valence-electron chi connectivity index (χ0n) is 23.0. The van der Waals surface area contributed by atoms with Gasteiger partial charge in [0.2, 0.25) is 0 Å². The highest BCUT2D eigenvalue weighted by molar-refractivity contribution is 7.90. The second-order valence-corrected chi connectivity index (χ2v) is 13.1. The lowest BCUT2D eigenvalue weighted by atomic mass is 9.92. The van der Waals surface area contributed by atoms with Crippen LogP contribution in [0.25, 0.3) is 11.3 Å². The third kappa shape index (κ3) is 7.54. The smallest absolute Gasteiger partial charge is 0.408 e. The molecule has 1 N–H and O–H groups in total. The number of carbonyl (C=O) groups is 2. The summed E-state index contributed by atoms with van der Waals surface area (Å²) in [6, 6.07) is 9.03. The van der Waals surface area contributed by atoms with Crippen LogP contribution in [0.2, 0.25) is 5.02 Å². The number of rotatable bonds is 8. The number of amides is 1. The number of aromatic nitrogens is 2. The molecular formula is C28H31ClFN3O6S. The lowest BCUT2D eigenvalue weighted by Crippen LogP contribution is -2.41. The summed E-state index contributed by atoms with van der Waals surface area (Å²) < 4.78 is 45.1. The standard InChI is InChI=1S/C28H31ClFN3O6S/c1-7-40(37,38)15-17-8-10-19(26(35)20-11-9-18(30)13-23(20)29)22(12-17)25-21(14-24(34)33(6)32-25)16(2)39-27(36)31-28(3,4)5/h8-14,16H,7,15H2,1-6H3,(H,31,36). The number of alkyl carbamates (subject to hydrolysis) is 1. The van der Waals surface area contributed by atoms with Gasteiger partial charge < -0.3 is 10.1 Å². The summed E-state index contributed by atoms with van der Waals surface area (Å²) in [5, 5.41) is 6.94. The van der Waals surface area contributed by atoms with E-state index in [1.165, 1.54) is 44.3 Å². The first kappa shape index (κ1) is 31.0. The molecule has 3 aromatic rings. The highest BCUT2D eigenvalue weighted by Crippen LogP contribution is 2.33. The van der Waals surface area contributed by atoms with Crippen LogP contribution in [0.4, 0.5) is 9.18 Å². The molecule has 1 unspecified atom stereocenters. The fourth-order valence-electron chi connectivity index (χ4n) is 3.88. The normalized spacial score (nSPS) is 12.6. The first-order valence-corrected chi connectivity index (χ1v) is 14.6. The van der Waals surface area contributed by atoms with E-state index in [0.29, 0.717) is 5.56 Å². The fourth-order valence-corrected chi connectivity index (χ4v) is 5.03. The van der Waals surface area contributed by atoms with Crippen molar-refractivity contribution in [2.24, 2.45) is 7.05 Å². The second-order valence-electron chi connectivity index (χ2n) is 10.3. The Labute approximate surface area is 237 Å². The molecule has 0 saturated heterocycles. The average Bonchev–Trinajstić information content (AvgIpc) is 2.83. The predicted molar refractivity (Wildman–Crippen MR) is 151 cm³/mol. The Bertz CT molecular complexity index is 1630. The first-order chi connectivity index (χ1) is 18.5. The molecule has 1 aromatic heterocycles. The molecule has 1 atom stereocenters. The van der Waals surface area contributed by atoms with Gasteiger partial charge in [-0.3, -0.25) is 9.59 Å². The second kappa shape index (κ2) is 11.9. The highest BCUT2D eigenvalue weighted by atomic mass is 35.5. The van der Waals surface area contributed by atoms with E-state index in [1.807, 2.05) is 0 Å². The molecular weight excluding hydrogens is 561 g/mol. The van der Waals surface area contributed by atoms with Crippen molar-refractivity contribution in [2.75, 3.05) is 5.75 Å². The van der Waals surface area contributed by atoms with Gasteiger partial charge in [0.1, 0.15) is 11.9 Å². The van der Waals surface area contributed by atoms with Crippen molar-refractivity contribution in [2.45, 2.75) is 52.0 Å². The Morgan fingerprint density at radius 1 is 1.12 bits per heavy atom. The summed E-state index contributed by atoms with van der Waals surface area (Å²) in [7, 11) is -2.03. The molecule has 0 spiro atoms. The number of hydrogen-bond acceptors (Lipinski definition) is 7. The van der Waals surface area contributed by atoms with Gasteiger partial charge >= 0.3 is 6.09 Å². The van der Waals surface area contributed by atoms with Gasteiger partial charge in [-0.25, -0.2) is 22.3 Å². The number of nitrogens with zero attached hydrogens (tertiary/aromatic N) is 2. The molecule has 1 amide bonds. The highest BCUT2D eigenvalue weighted by Gasteiger charge is 2.26. The Morgan fingerprint density at radius 2 is 1.77 bits per heavy atom. The van der Waals surface area contributed by atoms with Gasteiger partial charge in [0, 0.05) is 46.7 Å². The van der Waals surface area contributed by atoms with Gasteiger partial charge in [0.05, 0.1) is 16.5 Å². The molecule has 0 aliphatic rings. The molecule has 40 heavy (non-hydrogen) atoms. The number of hydrogen-bond donors (Lipinski definition) is 1. The van der Waals surface area contributed by atoms with Crippen molar-refractivity contribution in [3.8, 4) is 11.3 Å². The Hall–Kier alpha value is -3.57. The minimum absolute atomic E-state index is 0.0125. The van der Waals surface area contributed by atoms with Crippen LogP contribution in [0.1, 0.15) is 67.8 Å². The number of ketones is 1. The van der Waals surface area contributed by atoms with Crippen LogP contribution >= 0.6 is 11.6 Å². The average molecular weight is 592 g/mol. The van der Waals surface area contributed by atoms with E-state index in [9.17, 15) is 27.2 Å². The molecule has 0 saturated carbocycles. The summed E-state index contributed by atoms with van der Waals surface area (Å²) in [6.07, 6.45) is -1.72. The number of aryl methyl sites for hydroxylation is 1. The van der Waals surface area contributed by atoms with Crippen molar-refractivity contribution >= 4 is 33.3 Å². The van der Waals surface area contributed by atoms with Gasteiger partial charge in [-0.15, -0.1) is 0 Å². The molecule has 3 rings (SSSR count). The van der Waals surface area contributed by atoms with Crippen LogP contribution in [0, 0.1) is 5.82 Å². The number of ether oxygens (including phenoxy) is 1. The van der Waals surface area contributed by atoms with E-state index < -0.39 is 44.7 Å². The van der Waals surface area contributed by atoms with Gasteiger partial charge in [-0.2, -0.15) is 5.10 Å². The first-order valence-electron chi connectivity index (χ1n) is 12.4. The van der Waals surface area contributed by atoms with E-state index in [1.54, 1.807) is 27.7 Å². The molecule has 0 aliphatic carbocycles. The minimum atomic E-state index is -3.44. The quantitative estimate of drug-likeness (QED) is 0.366. The summed E-state index contributed by atoms with van der Waals surface area (Å²) in [4.78, 5) is 38.8. The van der Waals surface area contributed by atoms with Crippen LogP contribution in [0.3, 0.4) is 0 Å². The van der Waals surface area contributed by atoms with E-state index in [2.05, 4.69) is 10.4 Å². The van der Waals surface area contributed by atoms with E-state index in [0.717, 1.165) is 16.8 Å². The number of nitrogens with one attached hydrogen (secondary N) is 1. The summed E-state index contributed by atoms with van der Waals surface area (Å²) in [6.45, 7) is 8.40. The lowest BCUT2D eigenvalue weighted by molar-refractivity contribution is 0.0995. The number of sulfone groups is 1. The Balaban J connectivity index is 2.25. The number of halogens is 2. The summed E-state index contributed by atoms with van der Waals surface area (Å²) >= 11 is 6.18. The van der Waals surface area contributed by atoms with Crippen LogP contribution in [0.5, 0.6) is 0 Å². The summed E-state index contributed by atoms with van der Waals surface area (Å²) in [5.74, 6) is -1.59. The molecule has 0 radical (unpaired) electrons. The van der Waals surface area contributed by atoms with E-state index >= 15 is 0 Å². The van der Waals surface area contributed by atoms with Crippen molar-refractivity contribution < 1.29 is 27.1 Å². The number of carbonyl (C=O) groups excluding carboxylic acids is 2. The monoisotopic (exact) mass is 591 g/mol. The third-order valence-corrected chi connectivity index (χ3v) is 7.87. The van der Waals surface area contributed by atoms with E-state index in [-0.39, 0.29) is 44.5 Å². The molecule has 0 fully saturated rings. The van der Waals surface area contributed by atoms with Crippen molar-refractivity contribution in [1.82, 2.24) is 15.1 Å². The minimum Gasteiger partial charge on any atom is -0.442 e. The molecule has 214 valence electrons. The zero-order valence-corrected chi connectivity index (χ0v) is 24.6. The van der Waals surface area contributed by atoms with Gasteiger partial charge in [-0.1, -0.05) is 30.7 Å². The molecule has 1 heterocycles. The predicted octanol–water partition coefficient (Wildman–Crippen LogP) is 4.99. The SMILES string of the molecule is CCS(=O)(=O)Cc1ccc(C(=O)c2ccc(F)cc2Cl)c(-c2nn(C)c(=O)cc2C(C)OC(=O)NC(C)(C)C)c1. The van der Waals surface area contributed by atoms with Gasteiger partial charge in [0.25, 0.3) is 5.56 Å². The molecule has 9 nitrogen and oxygen atoms in total. The van der Waals surface area contributed by atoms with Crippen LogP contribution < -0.4 is 10.9 Å². The maximum atomic E-state index is 13.7. The largest absolute Gasteiger partial charge is 0.442 e. The third-order valence-electron chi connectivity index (χ3n) is 5.91. The molecule has 0 bridgehead atoms. The fraction of sp³-hybridized carbons (Fsp3) is 0.357. The Kier molecular flexibility index (Phi) is 9.21.